The highest BCUT2D eigenvalue weighted by Crippen LogP contribution is 2.32. The molecule has 126 valence electrons. The van der Waals surface area contributed by atoms with Gasteiger partial charge in [0.25, 0.3) is 0 Å². The van der Waals surface area contributed by atoms with Crippen molar-refractivity contribution in [2.75, 3.05) is 19.7 Å². The van der Waals surface area contributed by atoms with Crippen molar-refractivity contribution in [1.29, 1.82) is 0 Å². The number of carbonyl (C=O) groups excluding carboxylic acids is 1. The van der Waals surface area contributed by atoms with E-state index in [2.05, 4.69) is 0 Å². The highest BCUT2D eigenvalue weighted by atomic mass is 19.4. The van der Waals surface area contributed by atoms with Crippen LogP contribution in [0.3, 0.4) is 0 Å². The minimum atomic E-state index is -4.52. The maximum Gasteiger partial charge on any atom is 0.416 e. The molecule has 0 radical (unpaired) electrons. The Morgan fingerprint density at radius 2 is 2.00 bits per heavy atom. The van der Waals surface area contributed by atoms with Crippen LogP contribution in [0.15, 0.2) is 24.3 Å². The predicted molar refractivity (Wildman–Crippen MR) is 73.7 cm³/mol. The fourth-order valence-corrected chi connectivity index (χ4v) is 2.49. The van der Waals surface area contributed by atoms with Crippen LogP contribution >= 0.6 is 0 Å². The maximum absolute atomic E-state index is 12.9. The number of hydrogen-bond acceptors (Lipinski definition) is 3. The third-order valence-corrected chi connectivity index (χ3v) is 3.56. The summed E-state index contributed by atoms with van der Waals surface area (Å²) in [5.74, 6) is -1.52. The topological polar surface area (TPSA) is 66.8 Å². The number of carboxylic acid groups (broad SMARTS) is 1. The number of hydrogen-bond donors (Lipinski definition) is 1. The van der Waals surface area contributed by atoms with Crippen molar-refractivity contribution in [3.8, 4) is 0 Å². The summed E-state index contributed by atoms with van der Waals surface area (Å²) in [4.78, 5) is 24.3. The lowest BCUT2D eigenvalue weighted by molar-refractivity contribution is -0.148. The molecule has 1 aromatic rings. The number of halogens is 3. The zero-order valence-electron chi connectivity index (χ0n) is 12.2. The van der Waals surface area contributed by atoms with Crippen LogP contribution in [-0.4, -0.2) is 47.7 Å². The van der Waals surface area contributed by atoms with Gasteiger partial charge in [0, 0.05) is 13.1 Å². The quantitative estimate of drug-likeness (QED) is 0.916. The van der Waals surface area contributed by atoms with Crippen LogP contribution in [0.25, 0.3) is 0 Å². The Labute approximate surface area is 130 Å². The molecule has 0 spiro atoms. The number of carboxylic acids is 1. The molecule has 1 aliphatic heterocycles. The summed E-state index contributed by atoms with van der Waals surface area (Å²) >= 11 is 0. The maximum atomic E-state index is 12.9. The fourth-order valence-electron chi connectivity index (χ4n) is 2.49. The van der Waals surface area contributed by atoms with Crippen LogP contribution in [0.4, 0.5) is 13.2 Å². The van der Waals surface area contributed by atoms with Gasteiger partial charge in [-0.15, -0.1) is 0 Å². The van der Waals surface area contributed by atoms with Crippen LogP contribution in [-0.2, 0) is 26.9 Å². The summed E-state index contributed by atoms with van der Waals surface area (Å²) in [5.41, 5.74) is -0.921. The van der Waals surface area contributed by atoms with E-state index < -0.39 is 29.7 Å². The van der Waals surface area contributed by atoms with Crippen LogP contribution in [0, 0.1) is 0 Å². The van der Waals surface area contributed by atoms with Crippen molar-refractivity contribution in [3.05, 3.63) is 35.4 Å². The minimum absolute atomic E-state index is 0.0688. The van der Waals surface area contributed by atoms with E-state index in [1.165, 1.54) is 23.1 Å². The van der Waals surface area contributed by atoms with Crippen molar-refractivity contribution in [1.82, 2.24) is 4.90 Å². The molecule has 0 bridgehead atoms. The van der Waals surface area contributed by atoms with E-state index in [4.69, 9.17) is 9.84 Å². The van der Waals surface area contributed by atoms with Gasteiger partial charge in [0.2, 0.25) is 5.91 Å². The van der Waals surface area contributed by atoms with Gasteiger partial charge in [-0.25, -0.2) is 0 Å². The van der Waals surface area contributed by atoms with Gasteiger partial charge < -0.3 is 14.7 Å². The van der Waals surface area contributed by atoms with Crippen molar-refractivity contribution in [3.63, 3.8) is 0 Å². The van der Waals surface area contributed by atoms with Gasteiger partial charge in [-0.2, -0.15) is 13.2 Å². The summed E-state index contributed by atoms with van der Waals surface area (Å²) in [6.45, 7) is 0.479. The summed E-state index contributed by atoms with van der Waals surface area (Å²) in [6.07, 6.45) is -5.78. The van der Waals surface area contributed by atoms with Crippen molar-refractivity contribution in [2.24, 2.45) is 0 Å². The van der Waals surface area contributed by atoms with Crippen LogP contribution in [0.2, 0.25) is 0 Å². The number of alkyl halides is 3. The summed E-state index contributed by atoms with van der Waals surface area (Å²) in [5, 5.41) is 8.74. The standard InChI is InChI=1S/C15H16F3NO4/c16-15(17,18)12-4-2-1-3-10(12)7-13(20)19-5-6-23-11(9-19)8-14(21)22/h1-4,11H,5-9H2,(H,21,22). The Morgan fingerprint density at radius 1 is 1.30 bits per heavy atom. The van der Waals surface area contributed by atoms with E-state index in [1.807, 2.05) is 0 Å². The van der Waals surface area contributed by atoms with E-state index in [0.717, 1.165) is 6.07 Å². The number of nitrogens with zero attached hydrogens (tertiary/aromatic N) is 1. The van der Waals surface area contributed by atoms with Crippen LogP contribution in [0.1, 0.15) is 17.5 Å². The molecule has 1 fully saturated rings. The molecule has 1 heterocycles. The Kier molecular flexibility index (Phi) is 5.25. The highest BCUT2D eigenvalue weighted by molar-refractivity contribution is 5.79. The monoisotopic (exact) mass is 331 g/mol. The van der Waals surface area contributed by atoms with E-state index in [1.54, 1.807) is 0 Å². The Hall–Kier alpha value is -2.09. The predicted octanol–water partition coefficient (Wildman–Crippen LogP) is 1.95. The molecule has 1 atom stereocenters. The Balaban J connectivity index is 2.06. The molecule has 1 aliphatic rings. The lowest BCUT2D eigenvalue weighted by Crippen LogP contribution is -2.46. The third kappa shape index (κ3) is 4.69. The lowest BCUT2D eigenvalue weighted by atomic mass is 10.0. The minimum Gasteiger partial charge on any atom is -0.481 e. The van der Waals surface area contributed by atoms with E-state index >= 15 is 0 Å². The molecule has 1 aromatic carbocycles. The smallest absolute Gasteiger partial charge is 0.416 e. The van der Waals surface area contributed by atoms with Gasteiger partial charge >= 0.3 is 12.1 Å². The van der Waals surface area contributed by atoms with Crippen molar-refractivity contribution in [2.45, 2.75) is 25.1 Å². The van der Waals surface area contributed by atoms with Gasteiger partial charge in [-0.1, -0.05) is 18.2 Å². The number of morpholine rings is 1. The Morgan fingerprint density at radius 3 is 2.65 bits per heavy atom. The van der Waals surface area contributed by atoms with E-state index in [9.17, 15) is 22.8 Å². The molecule has 2 rings (SSSR count). The second-order valence-corrected chi connectivity index (χ2v) is 5.26. The van der Waals surface area contributed by atoms with Gasteiger partial charge in [0.1, 0.15) is 0 Å². The second-order valence-electron chi connectivity index (χ2n) is 5.26. The zero-order valence-corrected chi connectivity index (χ0v) is 12.2. The Bertz CT molecular complexity index is 588. The first-order valence-electron chi connectivity index (χ1n) is 7.03. The largest absolute Gasteiger partial charge is 0.481 e. The number of carbonyl (C=O) groups is 2. The van der Waals surface area contributed by atoms with Crippen molar-refractivity contribution >= 4 is 11.9 Å². The second kappa shape index (κ2) is 6.99. The molecule has 1 amide bonds. The summed E-state index contributed by atoms with van der Waals surface area (Å²) in [7, 11) is 0. The number of benzene rings is 1. The summed E-state index contributed by atoms with van der Waals surface area (Å²) in [6, 6.07) is 4.93. The number of amides is 1. The molecule has 1 N–H and O–H groups in total. The molecule has 0 aliphatic carbocycles. The van der Waals surface area contributed by atoms with E-state index in [-0.39, 0.29) is 38.1 Å². The molecule has 23 heavy (non-hydrogen) atoms. The molecule has 1 unspecified atom stereocenters. The highest BCUT2D eigenvalue weighted by Gasteiger charge is 2.34. The molecule has 1 saturated heterocycles. The zero-order chi connectivity index (χ0) is 17.0. The van der Waals surface area contributed by atoms with Crippen molar-refractivity contribution < 1.29 is 32.6 Å². The van der Waals surface area contributed by atoms with Gasteiger partial charge in [-0.3, -0.25) is 9.59 Å². The first-order valence-corrected chi connectivity index (χ1v) is 7.03. The van der Waals surface area contributed by atoms with Gasteiger partial charge in [0.15, 0.2) is 0 Å². The normalized spacial score (nSPS) is 18.7. The van der Waals surface area contributed by atoms with E-state index in [0.29, 0.717) is 0 Å². The molecule has 0 saturated carbocycles. The number of rotatable bonds is 4. The third-order valence-electron chi connectivity index (χ3n) is 3.56. The fraction of sp³-hybridized carbons (Fsp3) is 0.467. The van der Waals surface area contributed by atoms with Crippen LogP contribution in [0.5, 0.6) is 0 Å². The molecule has 8 heteroatoms. The molecule has 0 aromatic heterocycles. The molecular weight excluding hydrogens is 315 g/mol. The average molecular weight is 331 g/mol. The number of aliphatic carboxylic acids is 1. The lowest BCUT2D eigenvalue weighted by Gasteiger charge is -2.32. The average Bonchev–Trinajstić information content (AvgIpc) is 2.46. The SMILES string of the molecule is O=C(O)CC1CN(C(=O)Cc2ccccc2C(F)(F)F)CCO1. The first kappa shape index (κ1) is 17.3. The van der Waals surface area contributed by atoms with Crippen LogP contribution < -0.4 is 0 Å². The molecule has 5 nitrogen and oxygen atoms in total. The molecular formula is C15H16F3NO4. The van der Waals surface area contributed by atoms with Gasteiger partial charge in [0.05, 0.1) is 31.1 Å². The summed E-state index contributed by atoms with van der Waals surface area (Å²) < 4.78 is 44.1. The first-order chi connectivity index (χ1) is 10.8. The van der Waals surface area contributed by atoms with Gasteiger partial charge in [-0.05, 0) is 11.6 Å². The number of ether oxygens (including phenoxy) is 1.